The Morgan fingerprint density at radius 1 is 0.645 bits per heavy atom. The summed E-state index contributed by atoms with van der Waals surface area (Å²) in [7, 11) is 0. The van der Waals surface area contributed by atoms with Gasteiger partial charge in [0.15, 0.2) is 0 Å². The first-order valence-corrected chi connectivity index (χ1v) is 10.0. The van der Waals surface area contributed by atoms with E-state index < -0.39 is 10.8 Å². The van der Waals surface area contributed by atoms with Crippen LogP contribution in [0.15, 0.2) is 60.9 Å². The fourth-order valence-corrected chi connectivity index (χ4v) is 3.76. The zero-order chi connectivity index (χ0) is 20.9. The van der Waals surface area contributed by atoms with Gasteiger partial charge in [-0.2, -0.15) is 0 Å². The number of hydrogen-bond acceptors (Lipinski definition) is 5. The Labute approximate surface area is 196 Å². The van der Waals surface area contributed by atoms with Crippen molar-refractivity contribution in [3.8, 4) is 22.6 Å². The number of pyridine rings is 1. The molecule has 0 amide bonds. The third-order valence-electron chi connectivity index (χ3n) is 5.83. The molecule has 158 valence electrons. The maximum atomic E-state index is 4.94. The van der Waals surface area contributed by atoms with Gasteiger partial charge in [0.2, 0.25) is 0 Å². The van der Waals surface area contributed by atoms with Gasteiger partial charge in [0.25, 0.3) is 0 Å². The largest absolute Gasteiger partial charge is 0.282 e. The van der Waals surface area contributed by atoms with E-state index in [0.717, 1.165) is 45.6 Å². The van der Waals surface area contributed by atoms with Crippen LogP contribution in [-0.4, -0.2) is 24.9 Å². The van der Waals surface area contributed by atoms with Crippen molar-refractivity contribution in [2.24, 2.45) is 0 Å². The molecule has 0 saturated heterocycles. The third kappa shape index (κ3) is 3.61. The minimum Gasteiger partial charge on any atom is -0.282 e. The van der Waals surface area contributed by atoms with Crippen molar-refractivity contribution < 1.29 is 21.1 Å². The molecule has 0 saturated carbocycles. The monoisotopic (exact) mass is 587 g/mol. The molecule has 1 aromatic carbocycles. The summed E-state index contributed by atoms with van der Waals surface area (Å²) in [5, 5.41) is 0. The van der Waals surface area contributed by atoms with E-state index in [9.17, 15) is 0 Å². The molecule has 0 unspecified atom stereocenters. The van der Waals surface area contributed by atoms with Crippen molar-refractivity contribution in [2.75, 3.05) is 0 Å². The molecule has 0 N–H and O–H groups in total. The number of fused-ring (bicyclic) bond motifs is 10. The van der Waals surface area contributed by atoms with Gasteiger partial charge in [-0.1, -0.05) is 26.0 Å². The summed E-state index contributed by atoms with van der Waals surface area (Å²) in [6.45, 7) is 8.43. The molecule has 1 aliphatic heterocycles. The van der Waals surface area contributed by atoms with Crippen LogP contribution in [0.4, 0.5) is 0 Å². The first-order chi connectivity index (χ1) is 14.4. The molecule has 0 radical (unpaired) electrons. The van der Waals surface area contributed by atoms with Gasteiger partial charge < -0.3 is 0 Å². The van der Waals surface area contributed by atoms with Crippen LogP contribution >= 0.6 is 0 Å². The summed E-state index contributed by atoms with van der Waals surface area (Å²) < 4.78 is 0. The van der Waals surface area contributed by atoms with Crippen molar-refractivity contribution in [3.05, 3.63) is 89.9 Å². The molecule has 0 atom stereocenters. The Morgan fingerprint density at radius 2 is 1.26 bits per heavy atom. The molecule has 8 bridgehead atoms. The normalized spacial score (nSPS) is 15.4. The Hall–Kier alpha value is -2.78. The fraction of sp³-hybridized carbons (Fsp3) is 0.240. The number of nitrogens with zero attached hydrogens (tertiary/aromatic N) is 5. The molecule has 6 heteroatoms. The van der Waals surface area contributed by atoms with E-state index in [1.54, 1.807) is 6.20 Å². The van der Waals surface area contributed by atoms with Gasteiger partial charge in [-0.25, -0.2) is 15.0 Å². The van der Waals surface area contributed by atoms with Crippen LogP contribution < -0.4 is 0 Å². The van der Waals surface area contributed by atoms with Gasteiger partial charge in [-0.05, 0) is 37.7 Å². The van der Waals surface area contributed by atoms with E-state index in [0.29, 0.717) is 0 Å². The number of aromatic nitrogens is 5. The maximum absolute atomic E-state index is 4.94. The Kier molecular flexibility index (Phi) is 5.34. The van der Waals surface area contributed by atoms with Crippen molar-refractivity contribution in [2.45, 2.75) is 38.5 Å². The molecule has 5 rings (SSSR count). The van der Waals surface area contributed by atoms with Crippen LogP contribution in [0.25, 0.3) is 22.6 Å². The number of benzene rings is 1. The zero-order valence-electron chi connectivity index (χ0n) is 17.8. The maximum Gasteiger partial charge on any atom is 0.137 e. The van der Waals surface area contributed by atoms with Crippen LogP contribution in [0.5, 0.6) is 0 Å². The molecule has 3 aromatic heterocycles. The molecule has 31 heavy (non-hydrogen) atoms. The molecule has 0 fully saturated rings. The summed E-state index contributed by atoms with van der Waals surface area (Å²) in [5.74, 6) is 1.46. The summed E-state index contributed by atoms with van der Waals surface area (Å²) in [6, 6.07) is 19.5. The molecule has 4 aromatic rings. The van der Waals surface area contributed by atoms with Crippen molar-refractivity contribution in [1.29, 1.82) is 0 Å². The van der Waals surface area contributed by atoms with Crippen LogP contribution in [0.2, 0.25) is 0 Å². The minimum atomic E-state index is -0.469. The predicted molar refractivity (Wildman–Crippen MR) is 116 cm³/mol. The molecule has 1 aliphatic rings. The van der Waals surface area contributed by atoms with Gasteiger partial charge in [0.1, 0.15) is 11.6 Å². The quantitative estimate of drug-likeness (QED) is 0.278. The van der Waals surface area contributed by atoms with E-state index in [2.05, 4.69) is 49.8 Å². The molecular weight excluding hydrogens is 565 g/mol. The van der Waals surface area contributed by atoms with Gasteiger partial charge in [-0.3, -0.25) is 9.97 Å². The SMILES string of the molecule is CC1(C)c2[c-]c(ccc2)-c2ccnc(n2)C(C)(C)c2cccc(n2)-c2ccnc1n2.[Pt]. The van der Waals surface area contributed by atoms with E-state index in [4.69, 9.17) is 15.0 Å². The van der Waals surface area contributed by atoms with Crippen LogP contribution in [0.1, 0.15) is 50.6 Å². The van der Waals surface area contributed by atoms with Crippen molar-refractivity contribution >= 4 is 0 Å². The van der Waals surface area contributed by atoms with E-state index in [1.165, 1.54) is 0 Å². The second-order valence-corrected chi connectivity index (χ2v) is 8.67. The minimum absolute atomic E-state index is 0. The third-order valence-corrected chi connectivity index (χ3v) is 5.83. The molecule has 0 spiro atoms. The molecule has 4 heterocycles. The van der Waals surface area contributed by atoms with Gasteiger partial charge in [0.05, 0.1) is 22.5 Å². The van der Waals surface area contributed by atoms with Gasteiger partial charge >= 0.3 is 0 Å². The number of hydrogen-bond donors (Lipinski definition) is 0. The van der Waals surface area contributed by atoms with E-state index in [1.807, 2.05) is 48.7 Å². The Balaban J connectivity index is 0.00000231. The van der Waals surface area contributed by atoms with Gasteiger partial charge in [-0.15, -0.1) is 35.4 Å². The summed E-state index contributed by atoms with van der Waals surface area (Å²) in [6.07, 6.45) is 3.62. The van der Waals surface area contributed by atoms with E-state index >= 15 is 0 Å². The van der Waals surface area contributed by atoms with E-state index in [-0.39, 0.29) is 21.1 Å². The smallest absolute Gasteiger partial charge is 0.137 e. The summed E-state index contributed by atoms with van der Waals surface area (Å²) >= 11 is 0. The first kappa shape index (κ1) is 21.5. The van der Waals surface area contributed by atoms with Gasteiger partial charge in [0, 0.05) is 38.9 Å². The Bertz CT molecular complexity index is 1070. The number of rotatable bonds is 0. The zero-order valence-corrected chi connectivity index (χ0v) is 20.1. The second-order valence-electron chi connectivity index (χ2n) is 8.67. The van der Waals surface area contributed by atoms with Crippen molar-refractivity contribution in [1.82, 2.24) is 24.9 Å². The summed E-state index contributed by atoms with van der Waals surface area (Å²) in [4.78, 5) is 23.9. The van der Waals surface area contributed by atoms with Crippen molar-refractivity contribution in [3.63, 3.8) is 0 Å². The molecule has 0 aliphatic carbocycles. The average Bonchev–Trinajstić information content (AvgIpc) is 2.79. The average molecular weight is 588 g/mol. The first-order valence-electron chi connectivity index (χ1n) is 10.0. The standard InChI is InChI=1S/C25H22N5.Pt/c1-24(2)17-8-5-7-16(15-17)18-11-13-27-23(29-18)25(3,4)21-10-6-9-19(28-21)20-12-14-26-22(24)30-20;/h5-14H,1-4H3;/q-1;. The predicted octanol–water partition coefficient (Wildman–Crippen LogP) is 4.76. The Morgan fingerprint density at radius 3 is 2.03 bits per heavy atom. The summed E-state index contributed by atoms with van der Waals surface area (Å²) in [5.41, 5.74) is 4.39. The molecule has 5 nitrogen and oxygen atoms in total. The fourth-order valence-electron chi connectivity index (χ4n) is 3.76. The van der Waals surface area contributed by atoms with Crippen LogP contribution in [0, 0.1) is 6.07 Å². The topological polar surface area (TPSA) is 64.5 Å². The second kappa shape index (κ2) is 7.72. The van der Waals surface area contributed by atoms with Crippen LogP contribution in [-0.2, 0) is 31.9 Å². The van der Waals surface area contributed by atoms with Crippen LogP contribution in [0.3, 0.4) is 0 Å². The molecular formula is C25H22N5Pt-.